The van der Waals surface area contributed by atoms with Crippen molar-refractivity contribution < 1.29 is 8.78 Å². The zero-order valence-electron chi connectivity index (χ0n) is 6.47. The average molecular weight is 247 g/mol. The number of aromatic nitrogens is 1. The second-order valence-electron chi connectivity index (χ2n) is 2.31. The van der Waals surface area contributed by atoms with Gasteiger partial charge in [-0.15, -0.1) is 0 Å². The van der Waals surface area contributed by atoms with Crippen LogP contribution in [-0.4, -0.2) is 4.98 Å². The lowest BCUT2D eigenvalue weighted by Gasteiger charge is -2.06. The van der Waals surface area contributed by atoms with Gasteiger partial charge in [0.15, 0.2) is 0 Å². The highest BCUT2D eigenvalue weighted by Gasteiger charge is 2.15. The molecule has 0 bridgehead atoms. The first kappa shape index (κ1) is 10.1. The Morgan fingerprint density at radius 2 is 2.31 bits per heavy atom. The van der Waals surface area contributed by atoms with Crippen molar-refractivity contribution in [1.82, 2.24) is 4.98 Å². The molecule has 0 saturated carbocycles. The van der Waals surface area contributed by atoms with Gasteiger partial charge in [0.05, 0.1) is 12.5 Å². The summed E-state index contributed by atoms with van der Waals surface area (Å²) in [5.74, 6) is 0. The fraction of sp³-hybridized carbons (Fsp3) is 0.250. The van der Waals surface area contributed by atoms with Crippen molar-refractivity contribution in [2.45, 2.75) is 12.8 Å². The van der Waals surface area contributed by atoms with Crippen molar-refractivity contribution in [1.29, 1.82) is 5.26 Å². The highest BCUT2D eigenvalue weighted by molar-refractivity contribution is 9.10. The van der Waals surface area contributed by atoms with E-state index in [0.29, 0.717) is 4.60 Å². The van der Waals surface area contributed by atoms with Crippen molar-refractivity contribution in [3.63, 3.8) is 0 Å². The Morgan fingerprint density at radius 1 is 1.62 bits per heavy atom. The summed E-state index contributed by atoms with van der Waals surface area (Å²) in [5, 5.41) is 8.41. The van der Waals surface area contributed by atoms with Crippen molar-refractivity contribution in [2.75, 3.05) is 0 Å². The van der Waals surface area contributed by atoms with Gasteiger partial charge in [0, 0.05) is 17.3 Å². The van der Waals surface area contributed by atoms with Gasteiger partial charge >= 0.3 is 0 Å². The lowest BCUT2D eigenvalue weighted by Crippen LogP contribution is -1.96. The molecule has 0 aromatic carbocycles. The topological polar surface area (TPSA) is 36.7 Å². The molecule has 0 unspecified atom stereocenters. The van der Waals surface area contributed by atoms with E-state index in [4.69, 9.17) is 5.26 Å². The van der Waals surface area contributed by atoms with Crippen molar-refractivity contribution in [2.24, 2.45) is 0 Å². The Balaban J connectivity index is 3.19. The summed E-state index contributed by atoms with van der Waals surface area (Å²) in [5.41, 5.74) is 0.128. The minimum absolute atomic E-state index is 0.0614. The predicted octanol–water partition coefficient (Wildman–Crippen LogP) is 2.85. The summed E-state index contributed by atoms with van der Waals surface area (Å²) in [6.07, 6.45) is -1.34. The molecule has 0 saturated heterocycles. The minimum atomic E-state index is -2.57. The number of hydrogen-bond acceptors (Lipinski definition) is 2. The van der Waals surface area contributed by atoms with Crippen molar-refractivity contribution >= 4 is 15.9 Å². The number of hydrogen-bond donors (Lipinski definition) is 0. The van der Waals surface area contributed by atoms with Crippen LogP contribution in [0.5, 0.6) is 0 Å². The van der Waals surface area contributed by atoms with Crippen LogP contribution in [0.3, 0.4) is 0 Å². The number of nitrogens with zero attached hydrogens (tertiary/aromatic N) is 2. The van der Waals surface area contributed by atoms with Crippen LogP contribution in [0.2, 0.25) is 0 Å². The van der Waals surface area contributed by atoms with Crippen LogP contribution < -0.4 is 0 Å². The third-order valence-corrected chi connectivity index (χ3v) is 2.21. The van der Waals surface area contributed by atoms with Crippen LogP contribution >= 0.6 is 15.9 Å². The van der Waals surface area contributed by atoms with E-state index in [1.807, 2.05) is 6.07 Å². The minimum Gasteiger partial charge on any atom is -0.249 e. The van der Waals surface area contributed by atoms with E-state index in [1.54, 1.807) is 0 Å². The molecule has 0 aliphatic rings. The molecular weight excluding hydrogens is 242 g/mol. The smallest absolute Gasteiger partial charge is 0.249 e. The lowest BCUT2D eigenvalue weighted by molar-refractivity contribution is 0.150. The summed E-state index contributed by atoms with van der Waals surface area (Å²) in [6, 6.07) is 3.04. The Hall–Kier alpha value is -1.02. The molecule has 0 aliphatic carbocycles. The third kappa shape index (κ3) is 2.22. The molecule has 2 nitrogen and oxygen atoms in total. The maximum Gasteiger partial charge on any atom is 0.264 e. The molecule has 5 heteroatoms. The standard InChI is InChI=1S/C8H5BrF2N2/c9-7-5(1-3-12)6(8(10)11)2-4-13-7/h2,4,8H,1H2. The first-order chi connectivity index (χ1) is 6.16. The number of rotatable bonds is 2. The highest BCUT2D eigenvalue weighted by atomic mass is 79.9. The number of pyridine rings is 1. The van der Waals surface area contributed by atoms with Crippen molar-refractivity contribution in [3.05, 3.63) is 28.0 Å². The largest absolute Gasteiger partial charge is 0.264 e. The molecular formula is C8H5BrF2N2. The van der Waals surface area contributed by atoms with E-state index in [2.05, 4.69) is 20.9 Å². The molecule has 1 heterocycles. The van der Waals surface area contributed by atoms with Gasteiger partial charge in [-0.05, 0) is 22.0 Å². The highest BCUT2D eigenvalue weighted by Crippen LogP contribution is 2.26. The molecule has 0 N–H and O–H groups in total. The van der Waals surface area contributed by atoms with Crippen LogP contribution in [0, 0.1) is 11.3 Å². The molecule has 1 rings (SSSR count). The summed E-state index contributed by atoms with van der Waals surface area (Å²) in [4.78, 5) is 3.77. The van der Waals surface area contributed by atoms with Crippen LogP contribution in [0.1, 0.15) is 17.6 Å². The first-order valence-corrected chi connectivity index (χ1v) is 4.24. The molecule has 0 spiro atoms. The number of alkyl halides is 2. The summed E-state index contributed by atoms with van der Waals surface area (Å²) >= 11 is 3.02. The van der Waals surface area contributed by atoms with Crippen molar-refractivity contribution in [3.8, 4) is 6.07 Å². The summed E-state index contributed by atoms with van der Waals surface area (Å²) < 4.78 is 25.1. The quantitative estimate of drug-likeness (QED) is 0.753. The summed E-state index contributed by atoms with van der Waals surface area (Å²) in [7, 11) is 0. The number of halogens is 3. The Bertz CT molecular complexity index is 346. The molecule has 0 atom stereocenters. The van der Waals surface area contributed by atoms with Crippen LogP contribution in [-0.2, 0) is 6.42 Å². The van der Waals surface area contributed by atoms with Gasteiger partial charge in [-0.3, -0.25) is 0 Å². The fourth-order valence-electron chi connectivity index (χ4n) is 0.939. The Kier molecular flexibility index (Phi) is 3.32. The summed E-state index contributed by atoms with van der Waals surface area (Å²) in [6.45, 7) is 0. The predicted molar refractivity (Wildman–Crippen MR) is 46.2 cm³/mol. The van der Waals surface area contributed by atoms with Gasteiger partial charge in [0.2, 0.25) is 0 Å². The normalized spacial score (nSPS) is 10.1. The van der Waals surface area contributed by atoms with Gasteiger partial charge in [-0.25, -0.2) is 13.8 Å². The lowest BCUT2D eigenvalue weighted by atomic mass is 10.1. The van der Waals surface area contributed by atoms with E-state index >= 15 is 0 Å². The van der Waals surface area contributed by atoms with Gasteiger partial charge in [0.25, 0.3) is 6.43 Å². The second kappa shape index (κ2) is 4.28. The van der Waals surface area contributed by atoms with Gasteiger partial charge in [-0.1, -0.05) is 0 Å². The molecule has 0 fully saturated rings. The van der Waals surface area contributed by atoms with Gasteiger partial charge < -0.3 is 0 Å². The van der Waals surface area contributed by atoms with Crippen LogP contribution in [0.25, 0.3) is 0 Å². The van der Waals surface area contributed by atoms with Crippen LogP contribution in [0.15, 0.2) is 16.9 Å². The Morgan fingerprint density at radius 3 is 2.85 bits per heavy atom. The average Bonchev–Trinajstić information content (AvgIpc) is 2.08. The molecule has 0 aliphatic heterocycles. The molecule has 0 radical (unpaired) electrons. The molecule has 13 heavy (non-hydrogen) atoms. The zero-order chi connectivity index (χ0) is 9.84. The van der Waals surface area contributed by atoms with E-state index < -0.39 is 6.43 Å². The molecule has 68 valence electrons. The fourth-order valence-corrected chi connectivity index (χ4v) is 1.43. The van der Waals surface area contributed by atoms with Gasteiger partial charge in [-0.2, -0.15) is 5.26 Å². The van der Waals surface area contributed by atoms with E-state index in [0.717, 1.165) is 0 Å². The monoisotopic (exact) mass is 246 g/mol. The molecule has 0 amide bonds. The van der Waals surface area contributed by atoms with E-state index in [1.165, 1.54) is 12.3 Å². The molecule has 1 aromatic heterocycles. The third-order valence-electron chi connectivity index (χ3n) is 1.53. The zero-order valence-corrected chi connectivity index (χ0v) is 8.05. The van der Waals surface area contributed by atoms with Crippen LogP contribution in [0.4, 0.5) is 8.78 Å². The first-order valence-electron chi connectivity index (χ1n) is 3.45. The Labute approximate surface area is 82.3 Å². The van der Waals surface area contributed by atoms with E-state index in [9.17, 15) is 8.78 Å². The van der Waals surface area contributed by atoms with E-state index in [-0.39, 0.29) is 17.5 Å². The number of nitriles is 1. The molecule has 1 aromatic rings. The maximum absolute atomic E-state index is 12.4. The SMILES string of the molecule is N#CCc1c(C(F)F)ccnc1Br. The van der Waals surface area contributed by atoms with Gasteiger partial charge in [0.1, 0.15) is 4.60 Å². The second-order valence-corrected chi connectivity index (χ2v) is 3.06. The maximum atomic E-state index is 12.4.